The quantitative estimate of drug-likeness (QED) is 0.186. The summed E-state index contributed by atoms with van der Waals surface area (Å²) >= 11 is 0. The fourth-order valence-corrected chi connectivity index (χ4v) is 6.81. The zero-order valence-corrected chi connectivity index (χ0v) is 30.5. The van der Waals surface area contributed by atoms with Crippen LogP contribution in [0.15, 0.2) is 139 Å². The number of aromatic hydroxyl groups is 1. The van der Waals surface area contributed by atoms with Crippen molar-refractivity contribution in [2.45, 2.75) is 53.7 Å². The number of imidazole rings is 1. The highest BCUT2D eigenvalue weighted by molar-refractivity contribution is 5.97. The molecule has 0 fully saturated rings. The standard InChI is InChI=1S/C50H45N3O/c1-31-16-18-35(19-17-31)37-22-23-51-45(30-37)39-27-38(28-40(29-39)50(5,6)7)43-14-11-15-46-47(43)52-49(44-25-32(2)24-34(4)48(44)54)53(46)41-20-21-42(33(3)26-41)36-12-9-8-10-13-36/h8-30,54H,1-7H3/i1D3,3D3,16D,17D,18D,19D,22D,23D,30D. The first kappa shape index (κ1) is 22.7. The number of pyridine rings is 1. The third-order valence-electron chi connectivity index (χ3n) is 9.57. The minimum Gasteiger partial charge on any atom is -0.507 e. The first-order valence-corrected chi connectivity index (χ1v) is 17.6. The molecule has 0 aliphatic heterocycles. The lowest BCUT2D eigenvalue weighted by Gasteiger charge is -2.22. The number of rotatable bonds is 6. The van der Waals surface area contributed by atoms with E-state index in [2.05, 4.69) is 4.98 Å². The summed E-state index contributed by atoms with van der Waals surface area (Å²) in [7, 11) is 0. The second-order valence-electron chi connectivity index (χ2n) is 14.5. The van der Waals surface area contributed by atoms with E-state index in [9.17, 15) is 6.48 Å². The fraction of sp³-hybridized carbons (Fsp3) is 0.160. The average molecular weight is 717 g/mol. The lowest BCUT2D eigenvalue weighted by atomic mass is 9.83. The molecule has 0 spiro atoms. The predicted molar refractivity (Wildman–Crippen MR) is 225 cm³/mol. The van der Waals surface area contributed by atoms with E-state index in [0.717, 1.165) is 16.7 Å². The second kappa shape index (κ2) is 13.6. The molecule has 0 bridgehead atoms. The van der Waals surface area contributed by atoms with Crippen LogP contribution in [-0.2, 0) is 5.41 Å². The SMILES string of the molecule is [2H]c1nc(-c2cc(-c3cccc4c3nc(-c3cc(C)cc(C)c3O)n4-c3ccc(-c4ccccc4)c(C([2H])([2H])[2H])c3)cc(C(C)(C)C)c2)c([2H])c(-c2c([2H])c([2H])c(C([2H])([2H])[2H])c([2H])c2[2H])c1[2H]. The molecule has 4 heteroatoms. The van der Waals surface area contributed by atoms with Crippen LogP contribution in [0.4, 0.5) is 0 Å². The number of phenolic OH excluding ortho intramolecular Hbond substituents is 1. The van der Waals surface area contributed by atoms with E-state index in [1.54, 1.807) is 31.2 Å². The van der Waals surface area contributed by atoms with Crippen molar-refractivity contribution in [3.8, 4) is 67.5 Å². The molecular weight excluding hydrogens is 659 g/mol. The molecule has 54 heavy (non-hydrogen) atoms. The smallest absolute Gasteiger partial charge is 0.149 e. The van der Waals surface area contributed by atoms with Crippen molar-refractivity contribution in [1.82, 2.24) is 14.5 Å². The van der Waals surface area contributed by atoms with Crippen molar-refractivity contribution in [3.63, 3.8) is 0 Å². The number of phenols is 1. The number of nitrogens with zero attached hydrogens (tertiary/aromatic N) is 3. The van der Waals surface area contributed by atoms with Gasteiger partial charge in [0.15, 0.2) is 0 Å². The maximum atomic E-state index is 11.6. The number of benzene rings is 6. The summed E-state index contributed by atoms with van der Waals surface area (Å²) in [6.07, 6.45) is -0.603. The summed E-state index contributed by atoms with van der Waals surface area (Å²) in [6, 6.07) is 25.0. The molecule has 6 aromatic carbocycles. The molecule has 0 aliphatic carbocycles. The lowest BCUT2D eigenvalue weighted by molar-refractivity contribution is 0.472. The highest BCUT2D eigenvalue weighted by Crippen LogP contribution is 2.41. The van der Waals surface area contributed by atoms with E-state index in [0.29, 0.717) is 55.9 Å². The molecule has 2 aromatic heterocycles. The van der Waals surface area contributed by atoms with Crippen LogP contribution in [0.1, 0.15) is 66.4 Å². The molecule has 8 rings (SSSR count). The third kappa shape index (κ3) is 6.49. The van der Waals surface area contributed by atoms with Crippen LogP contribution in [0.3, 0.4) is 0 Å². The van der Waals surface area contributed by atoms with E-state index in [-0.39, 0.29) is 17.0 Å². The Balaban J connectivity index is 1.42. The number of hydrogen-bond donors (Lipinski definition) is 1. The molecular formula is C50H45N3O. The van der Waals surface area contributed by atoms with E-state index in [4.69, 9.17) is 21.4 Å². The normalized spacial score (nSPS) is 15.6. The lowest BCUT2D eigenvalue weighted by Crippen LogP contribution is -2.11. The van der Waals surface area contributed by atoms with Gasteiger partial charge in [0.2, 0.25) is 0 Å². The van der Waals surface area contributed by atoms with Crippen LogP contribution >= 0.6 is 0 Å². The van der Waals surface area contributed by atoms with Crippen LogP contribution in [-0.4, -0.2) is 19.6 Å². The summed E-state index contributed by atoms with van der Waals surface area (Å²) in [4.78, 5) is 9.62. The molecule has 0 saturated heterocycles. The molecule has 8 aromatic rings. The summed E-state index contributed by atoms with van der Waals surface area (Å²) in [5, 5.41) is 11.6. The fourth-order valence-electron chi connectivity index (χ4n) is 6.81. The molecule has 4 nitrogen and oxygen atoms in total. The van der Waals surface area contributed by atoms with E-state index < -0.39 is 78.2 Å². The second-order valence-corrected chi connectivity index (χ2v) is 14.5. The Bertz CT molecular complexity index is 3280. The monoisotopic (exact) mass is 716 g/mol. The number of hydrogen-bond acceptors (Lipinski definition) is 3. The van der Waals surface area contributed by atoms with Gasteiger partial charge in [0.25, 0.3) is 0 Å². The minimum absolute atomic E-state index is 0.00126. The summed E-state index contributed by atoms with van der Waals surface area (Å²) < 4.78 is 113. The van der Waals surface area contributed by atoms with E-state index >= 15 is 0 Å². The Hall–Kier alpha value is -6.26. The zero-order chi connectivity index (χ0) is 48.8. The van der Waals surface area contributed by atoms with Crippen LogP contribution < -0.4 is 0 Å². The van der Waals surface area contributed by atoms with Crippen LogP contribution in [0.25, 0.3) is 72.7 Å². The molecule has 0 radical (unpaired) electrons. The van der Waals surface area contributed by atoms with Crippen molar-refractivity contribution < 1.29 is 22.9 Å². The average Bonchev–Trinajstić information content (AvgIpc) is 3.65. The number of fused-ring (bicyclic) bond motifs is 1. The Morgan fingerprint density at radius 3 is 2.20 bits per heavy atom. The first-order chi connectivity index (χ1) is 31.3. The van der Waals surface area contributed by atoms with Gasteiger partial charge in [-0.3, -0.25) is 9.55 Å². The van der Waals surface area contributed by atoms with Gasteiger partial charge < -0.3 is 5.11 Å². The Morgan fingerprint density at radius 2 is 1.44 bits per heavy atom. The largest absolute Gasteiger partial charge is 0.507 e. The zero-order valence-electron chi connectivity index (χ0n) is 43.5. The highest BCUT2D eigenvalue weighted by atomic mass is 16.3. The molecule has 0 aliphatic rings. The Labute approximate surface area is 336 Å². The Kier molecular flexibility index (Phi) is 5.73. The number of para-hydroxylation sites is 1. The van der Waals surface area contributed by atoms with Crippen molar-refractivity contribution in [3.05, 3.63) is 167 Å². The summed E-state index contributed by atoms with van der Waals surface area (Å²) in [6.45, 7) is 4.20. The van der Waals surface area contributed by atoms with Gasteiger partial charge in [0, 0.05) is 31.2 Å². The molecule has 266 valence electrons. The van der Waals surface area contributed by atoms with Gasteiger partial charge in [-0.15, -0.1) is 0 Å². The van der Waals surface area contributed by atoms with Crippen LogP contribution in [0.2, 0.25) is 0 Å². The number of aryl methyl sites for hydroxylation is 3. The van der Waals surface area contributed by atoms with Crippen LogP contribution in [0, 0.1) is 27.6 Å². The summed E-state index contributed by atoms with van der Waals surface area (Å²) in [5.41, 5.74) is 4.89. The summed E-state index contributed by atoms with van der Waals surface area (Å²) in [5.74, 6) is 0.346. The van der Waals surface area contributed by atoms with Crippen LogP contribution in [0.5, 0.6) is 5.75 Å². The van der Waals surface area contributed by atoms with E-state index in [1.165, 1.54) is 0 Å². The van der Waals surface area contributed by atoms with Gasteiger partial charge in [-0.1, -0.05) is 111 Å². The maximum Gasteiger partial charge on any atom is 0.149 e. The third-order valence-corrected chi connectivity index (χ3v) is 9.57. The van der Waals surface area contributed by atoms with E-state index in [1.807, 2.05) is 105 Å². The highest BCUT2D eigenvalue weighted by Gasteiger charge is 2.23. The van der Waals surface area contributed by atoms with Gasteiger partial charge in [0.1, 0.15) is 11.6 Å². The molecule has 0 unspecified atom stereocenters. The molecule has 0 atom stereocenters. The van der Waals surface area contributed by atoms with Crippen molar-refractivity contribution in [2.24, 2.45) is 0 Å². The number of aromatic nitrogens is 3. The predicted octanol–water partition coefficient (Wildman–Crippen LogP) is 13.0. The topological polar surface area (TPSA) is 50.9 Å². The van der Waals surface area contributed by atoms with Gasteiger partial charge >= 0.3 is 0 Å². The Morgan fingerprint density at radius 1 is 0.648 bits per heavy atom. The first-order valence-electron chi connectivity index (χ1n) is 24.1. The van der Waals surface area contributed by atoms with Crippen molar-refractivity contribution >= 4 is 11.0 Å². The van der Waals surface area contributed by atoms with Gasteiger partial charge in [-0.2, -0.15) is 0 Å². The molecule has 0 saturated carbocycles. The van der Waals surface area contributed by atoms with Crippen molar-refractivity contribution in [1.29, 1.82) is 0 Å². The van der Waals surface area contributed by atoms with Gasteiger partial charge in [-0.25, -0.2) is 4.98 Å². The van der Waals surface area contributed by atoms with Gasteiger partial charge in [0.05, 0.1) is 31.9 Å². The van der Waals surface area contributed by atoms with Gasteiger partial charge in [-0.05, 0) is 132 Å². The molecule has 2 heterocycles. The maximum absolute atomic E-state index is 11.6. The molecule has 0 amide bonds. The molecule has 1 N–H and O–H groups in total. The van der Waals surface area contributed by atoms with Crippen molar-refractivity contribution in [2.75, 3.05) is 0 Å². The minimum atomic E-state index is -2.98.